The topological polar surface area (TPSA) is 69.4 Å². The maximum atomic E-state index is 12.5. The molecule has 0 aliphatic carbocycles. The number of carbonyl (C=O) groups excluding carboxylic acids is 1. The summed E-state index contributed by atoms with van der Waals surface area (Å²) in [6.45, 7) is 0.874. The first kappa shape index (κ1) is 16.9. The molecule has 8 heteroatoms. The van der Waals surface area contributed by atoms with E-state index in [2.05, 4.69) is 4.74 Å². The summed E-state index contributed by atoms with van der Waals surface area (Å²) < 4.78 is 42.0. The van der Waals surface area contributed by atoms with Crippen LogP contribution in [0.4, 0.5) is 13.2 Å². The number of alkyl halides is 3. The lowest BCUT2D eigenvalue weighted by Crippen LogP contribution is -2.26. The van der Waals surface area contributed by atoms with Gasteiger partial charge in [-0.15, -0.1) is 0 Å². The molecule has 0 fully saturated rings. The van der Waals surface area contributed by atoms with Gasteiger partial charge in [-0.05, 0) is 17.7 Å². The van der Waals surface area contributed by atoms with Crippen LogP contribution >= 0.6 is 0 Å². The largest absolute Gasteiger partial charge is 0.469 e. The van der Waals surface area contributed by atoms with Crippen LogP contribution in [0.15, 0.2) is 24.3 Å². The van der Waals surface area contributed by atoms with Gasteiger partial charge in [-0.2, -0.15) is 13.2 Å². The zero-order valence-corrected chi connectivity index (χ0v) is 11.4. The Balaban J connectivity index is 3.09. The van der Waals surface area contributed by atoms with E-state index < -0.39 is 41.0 Å². The molecular weight excluding hydrogens is 291 g/mol. The minimum atomic E-state index is -4.48. The summed E-state index contributed by atoms with van der Waals surface area (Å²) in [5, 5.41) is 10.7. The van der Waals surface area contributed by atoms with Crippen molar-refractivity contribution in [2.45, 2.75) is 19.0 Å². The van der Waals surface area contributed by atoms with Gasteiger partial charge in [0.15, 0.2) is 0 Å². The molecule has 2 unspecified atom stereocenters. The molecular formula is C13H14F3NO4. The zero-order valence-electron chi connectivity index (χ0n) is 11.4. The highest BCUT2D eigenvalue weighted by atomic mass is 19.4. The maximum absolute atomic E-state index is 12.5. The second-order valence-electron chi connectivity index (χ2n) is 4.55. The highest BCUT2D eigenvalue weighted by Gasteiger charge is 2.33. The average Bonchev–Trinajstić information content (AvgIpc) is 2.42. The van der Waals surface area contributed by atoms with Gasteiger partial charge in [0.2, 0.25) is 6.54 Å². The standard InChI is InChI=1S/C13H14F3NO4/c1-8(12(18)21-2)11(7-17(19)20)9-3-5-10(6-4-9)13(14,15)16/h3-6,8,11H,7H2,1-2H3. The van der Waals surface area contributed by atoms with Gasteiger partial charge in [-0.1, -0.05) is 19.1 Å². The van der Waals surface area contributed by atoms with E-state index in [1.165, 1.54) is 6.92 Å². The van der Waals surface area contributed by atoms with Crippen LogP contribution in [0, 0.1) is 16.0 Å². The number of methoxy groups -OCH3 is 1. The summed E-state index contributed by atoms with van der Waals surface area (Å²) in [6, 6.07) is 3.98. The Kier molecular flexibility index (Phi) is 5.28. The number of carbonyl (C=O) groups is 1. The summed E-state index contributed by atoms with van der Waals surface area (Å²) >= 11 is 0. The van der Waals surface area contributed by atoms with Crippen molar-refractivity contribution < 1.29 is 27.6 Å². The predicted molar refractivity (Wildman–Crippen MR) is 67.2 cm³/mol. The Morgan fingerprint density at radius 2 is 1.86 bits per heavy atom. The first-order valence-corrected chi connectivity index (χ1v) is 6.03. The number of hydrogen-bond acceptors (Lipinski definition) is 4. The van der Waals surface area contributed by atoms with Crippen molar-refractivity contribution >= 4 is 5.97 Å². The van der Waals surface area contributed by atoms with E-state index in [1.807, 2.05) is 0 Å². The van der Waals surface area contributed by atoms with E-state index in [0.29, 0.717) is 0 Å². The van der Waals surface area contributed by atoms with Crippen molar-refractivity contribution in [1.29, 1.82) is 0 Å². The minimum Gasteiger partial charge on any atom is -0.469 e. The summed E-state index contributed by atoms with van der Waals surface area (Å²) in [6.07, 6.45) is -4.48. The molecule has 0 aromatic heterocycles. The fourth-order valence-electron chi connectivity index (χ4n) is 1.98. The fourth-order valence-corrected chi connectivity index (χ4v) is 1.98. The molecule has 21 heavy (non-hydrogen) atoms. The molecule has 0 radical (unpaired) electrons. The molecule has 0 aliphatic heterocycles. The van der Waals surface area contributed by atoms with Crippen molar-refractivity contribution in [2.24, 2.45) is 5.92 Å². The molecule has 0 heterocycles. The van der Waals surface area contributed by atoms with Gasteiger partial charge in [-0.3, -0.25) is 14.9 Å². The first-order chi connectivity index (χ1) is 9.66. The molecule has 1 aromatic rings. The van der Waals surface area contributed by atoms with Crippen LogP contribution in [-0.4, -0.2) is 24.5 Å². The Labute approximate surface area is 118 Å². The van der Waals surface area contributed by atoms with Crippen LogP contribution in [0.1, 0.15) is 24.0 Å². The van der Waals surface area contributed by atoms with Crippen molar-refractivity contribution in [3.05, 3.63) is 45.5 Å². The van der Waals surface area contributed by atoms with Gasteiger partial charge in [0.25, 0.3) is 0 Å². The smallest absolute Gasteiger partial charge is 0.416 e. The molecule has 1 aromatic carbocycles. The normalized spacial score (nSPS) is 14.3. The molecule has 0 spiro atoms. The molecule has 0 saturated heterocycles. The van der Waals surface area contributed by atoms with Crippen LogP contribution in [0.3, 0.4) is 0 Å². The molecule has 0 amide bonds. The van der Waals surface area contributed by atoms with Gasteiger partial charge >= 0.3 is 12.1 Å². The number of benzene rings is 1. The van der Waals surface area contributed by atoms with Crippen LogP contribution in [0.5, 0.6) is 0 Å². The van der Waals surface area contributed by atoms with Crippen LogP contribution in [0.2, 0.25) is 0 Å². The third-order valence-electron chi connectivity index (χ3n) is 3.19. The van der Waals surface area contributed by atoms with Gasteiger partial charge in [0.1, 0.15) is 0 Å². The number of rotatable bonds is 5. The van der Waals surface area contributed by atoms with Crippen molar-refractivity contribution in [1.82, 2.24) is 0 Å². The van der Waals surface area contributed by atoms with E-state index in [-0.39, 0.29) is 5.56 Å². The number of hydrogen-bond donors (Lipinski definition) is 0. The molecule has 2 atom stereocenters. The number of ether oxygens (including phenoxy) is 1. The second kappa shape index (κ2) is 6.55. The highest BCUT2D eigenvalue weighted by molar-refractivity contribution is 5.73. The predicted octanol–water partition coefficient (Wildman–Crippen LogP) is 2.87. The zero-order chi connectivity index (χ0) is 16.2. The minimum absolute atomic E-state index is 0.289. The molecule has 116 valence electrons. The Morgan fingerprint density at radius 1 is 1.33 bits per heavy atom. The first-order valence-electron chi connectivity index (χ1n) is 6.03. The van der Waals surface area contributed by atoms with E-state index in [9.17, 15) is 28.1 Å². The quantitative estimate of drug-likeness (QED) is 0.476. The third-order valence-corrected chi connectivity index (χ3v) is 3.19. The van der Waals surface area contributed by atoms with Gasteiger partial charge < -0.3 is 4.74 Å². The van der Waals surface area contributed by atoms with Crippen molar-refractivity contribution in [2.75, 3.05) is 13.7 Å². The maximum Gasteiger partial charge on any atom is 0.416 e. The lowest BCUT2D eigenvalue weighted by Gasteiger charge is -2.19. The second-order valence-corrected chi connectivity index (χ2v) is 4.55. The number of esters is 1. The Morgan fingerprint density at radius 3 is 2.24 bits per heavy atom. The lowest BCUT2D eigenvalue weighted by atomic mass is 9.87. The molecule has 1 rings (SSSR count). The van der Waals surface area contributed by atoms with E-state index in [0.717, 1.165) is 31.4 Å². The Hall–Kier alpha value is -2.12. The van der Waals surface area contributed by atoms with E-state index >= 15 is 0 Å². The van der Waals surface area contributed by atoms with Crippen molar-refractivity contribution in [3.63, 3.8) is 0 Å². The fraction of sp³-hybridized carbons (Fsp3) is 0.462. The molecule has 5 nitrogen and oxygen atoms in total. The summed E-state index contributed by atoms with van der Waals surface area (Å²) in [5.74, 6) is -2.34. The van der Waals surface area contributed by atoms with Crippen LogP contribution in [0.25, 0.3) is 0 Å². The average molecular weight is 305 g/mol. The molecule has 0 saturated carbocycles. The monoisotopic (exact) mass is 305 g/mol. The highest BCUT2D eigenvalue weighted by Crippen LogP contribution is 2.32. The SMILES string of the molecule is COC(=O)C(C)C(C[N+](=O)[O-])c1ccc(C(F)(F)F)cc1. The van der Waals surface area contributed by atoms with E-state index in [4.69, 9.17) is 0 Å². The number of nitro groups is 1. The third kappa shape index (κ3) is 4.44. The summed E-state index contributed by atoms with van der Waals surface area (Å²) in [4.78, 5) is 21.6. The van der Waals surface area contributed by atoms with E-state index in [1.54, 1.807) is 0 Å². The van der Waals surface area contributed by atoms with Crippen LogP contribution in [-0.2, 0) is 15.7 Å². The van der Waals surface area contributed by atoms with Crippen LogP contribution < -0.4 is 0 Å². The number of halogens is 3. The van der Waals surface area contributed by atoms with Crippen molar-refractivity contribution in [3.8, 4) is 0 Å². The summed E-state index contributed by atoms with van der Waals surface area (Å²) in [7, 11) is 1.15. The van der Waals surface area contributed by atoms with Gasteiger partial charge in [0, 0.05) is 4.92 Å². The lowest BCUT2D eigenvalue weighted by molar-refractivity contribution is -0.484. The van der Waals surface area contributed by atoms with Gasteiger partial charge in [0.05, 0.1) is 24.5 Å². The molecule has 0 bridgehead atoms. The van der Waals surface area contributed by atoms with Gasteiger partial charge in [-0.25, -0.2) is 0 Å². The molecule has 0 N–H and O–H groups in total. The Bertz CT molecular complexity index is 513. The summed E-state index contributed by atoms with van der Waals surface area (Å²) in [5.41, 5.74) is -0.561. The number of nitrogens with zero attached hydrogens (tertiary/aromatic N) is 1. The molecule has 0 aliphatic rings.